The molecule has 0 N–H and O–H groups in total. The van der Waals surface area contributed by atoms with Gasteiger partial charge in [-0.25, -0.2) is 0 Å². The van der Waals surface area contributed by atoms with Gasteiger partial charge >= 0.3 is 0 Å². The van der Waals surface area contributed by atoms with Crippen LogP contribution in [0.3, 0.4) is 0 Å². The quantitative estimate of drug-likeness (QED) is 0.634. The highest BCUT2D eigenvalue weighted by Gasteiger charge is 1.88. The zero-order valence-electron chi connectivity index (χ0n) is 5.41. The summed E-state index contributed by atoms with van der Waals surface area (Å²) in [6, 6.07) is 10.2. The zero-order chi connectivity index (χ0) is 7.23. The monoisotopic (exact) mass is 167 g/mol. The first-order chi connectivity index (χ1) is 4.93. The Balaban J connectivity index is 2.43. The van der Waals surface area contributed by atoms with Gasteiger partial charge in [0.2, 0.25) is 0 Å². The highest BCUT2D eigenvalue weighted by atomic mass is 33.1. The molecule has 1 rings (SSSR count). The zero-order valence-corrected chi connectivity index (χ0v) is 7.04. The Morgan fingerprint density at radius 1 is 1.20 bits per heavy atom. The fraction of sp³-hybridized carbons (Fsp3) is 0.125. The number of hydrogen-bond donors (Lipinski definition) is 0. The second-order valence-corrected chi connectivity index (χ2v) is 3.73. The number of rotatable bonds is 3. The number of hydrogen-bond acceptors (Lipinski definition) is 2. The molecule has 0 unspecified atom stereocenters. The van der Waals surface area contributed by atoms with Gasteiger partial charge in [-0.1, -0.05) is 51.9 Å². The van der Waals surface area contributed by atoms with E-state index >= 15 is 0 Å². The van der Waals surface area contributed by atoms with Crippen LogP contribution in [-0.2, 0) is 5.75 Å². The summed E-state index contributed by atoms with van der Waals surface area (Å²) in [6.07, 6.45) is 6.83. The van der Waals surface area contributed by atoms with Crippen LogP contribution < -0.4 is 0 Å². The molecule has 0 nitrogen and oxygen atoms in total. The van der Waals surface area contributed by atoms with Crippen molar-refractivity contribution in [2.45, 2.75) is 5.75 Å². The van der Waals surface area contributed by atoms with E-state index in [2.05, 4.69) is 12.1 Å². The summed E-state index contributed by atoms with van der Waals surface area (Å²) in [5.74, 6) is 0.926. The van der Waals surface area contributed by atoms with E-state index in [1.165, 1.54) is 5.56 Å². The Kier molecular flexibility index (Phi) is 3.76. The van der Waals surface area contributed by atoms with Crippen molar-refractivity contribution in [2.75, 3.05) is 0 Å². The Morgan fingerprint density at radius 3 is 2.50 bits per heavy atom. The second-order valence-electron chi connectivity index (χ2n) is 1.83. The van der Waals surface area contributed by atoms with Crippen molar-refractivity contribution in [2.24, 2.45) is 0 Å². The van der Waals surface area contributed by atoms with Gasteiger partial charge < -0.3 is 0 Å². The van der Waals surface area contributed by atoms with Gasteiger partial charge in [0.15, 0.2) is 0 Å². The molecule has 3 radical (unpaired) electrons. The summed E-state index contributed by atoms with van der Waals surface area (Å²) >= 11 is 0. The van der Waals surface area contributed by atoms with Crippen molar-refractivity contribution in [1.82, 2.24) is 0 Å². The third kappa shape index (κ3) is 2.67. The van der Waals surface area contributed by atoms with E-state index in [0.717, 1.165) is 16.5 Å². The molecular weight excluding hydrogens is 160 g/mol. The average Bonchev–Trinajstić information content (AvgIpc) is 2.03. The lowest BCUT2D eigenvalue weighted by Gasteiger charge is -1.95. The molecule has 0 saturated heterocycles. The molecule has 0 saturated carbocycles. The summed E-state index contributed by atoms with van der Waals surface area (Å²) in [7, 11) is 2.61. The Hall–Kier alpha value is -0.0800. The van der Waals surface area contributed by atoms with Crippen molar-refractivity contribution in [1.29, 1.82) is 0 Å². The molecule has 0 atom stereocenters. The summed E-state index contributed by atoms with van der Waals surface area (Å²) in [5.41, 5.74) is 1.28. The third-order valence-corrected chi connectivity index (χ3v) is 2.40. The molecule has 0 heterocycles. The highest BCUT2D eigenvalue weighted by Crippen LogP contribution is 2.23. The van der Waals surface area contributed by atoms with Crippen LogP contribution in [0.15, 0.2) is 30.3 Å². The van der Waals surface area contributed by atoms with Crippen LogP contribution in [0.1, 0.15) is 5.56 Å². The minimum absolute atomic E-state index is 0.926. The Labute approximate surface area is 69.8 Å². The molecule has 2 heteroatoms. The smallest absolute Gasteiger partial charge is 0.0817 e. The molecule has 1 aromatic rings. The lowest BCUT2D eigenvalue weighted by molar-refractivity contribution is 1.43. The van der Waals surface area contributed by atoms with Crippen molar-refractivity contribution >= 4 is 21.6 Å². The van der Waals surface area contributed by atoms with Gasteiger partial charge in [0.05, 0.1) is 6.26 Å². The normalized spacial score (nSPS) is 9.70. The first-order valence-electron chi connectivity index (χ1n) is 2.92. The van der Waals surface area contributed by atoms with Crippen molar-refractivity contribution < 1.29 is 0 Å². The fourth-order valence-corrected chi connectivity index (χ4v) is 1.64. The topological polar surface area (TPSA) is 0 Å². The lowest BCUT2D eigenvalue weighted by atomic mass is 10.2. The minimum atomic E-state index is 0.926. The van der Waals surface area contributed by atoms with Crippen LogP contribution in [0.5, 0.6) is 0 Å². The summed E-state index contributed by atoms with van der Waals surface area (Å²) in [6.45, 7) is 0. The van der Waals surface area contributed by atoms with Crippen molar-refractivity contribution in [3.8, 4) is 0 Å². The molecule has 0 aliphatic carbocycles. The maximum Gasteiger partial charge on any atom is 0.0817 e. The Bertz CT molecular complexity index is 172. The van der Waals surface area contributed by atoms with Gasteiger partial charge in [0, 0.05) is 5.75 Å². The van der Waals surface area contributed by atoms with E-state index in [0.29, 0.717) is 0 Å². The van der Waals surface area contributed by atoms with Gasteiger partial charge in [0.25, 0.3) is 0 Å². The maximum atomic E-state index is 6.83. The molecular formula is C8H7S2. The summed E-state index contributed by atoms with van der Waals surface area (Å²) in [5, 5.41) is 0. The van der Waals surface area contributed by atoms with Crippen LogP contribution in [0.2, 0.25) is 0 Å². The van der Waals surface area contributed by atoms with E-state index in [1.807, 2.05) is 18.2 Å². The lowest BCUT2D eigenvalue weighted by Crippen LogP contribution is -1.74. The molecule has 0 bridgehead atoms. The molecule has 0 aliphatic rings. The average molecular weight is 167 g/mol. The molecule has 51 valence electrons. The van der Waals surface area contributed by atoms with Gasteiger partial charge in [0.1, 0.15) is 0 Å². The van der Waals surface area contributed by atoms with Crippen LogP contribution in [0.25, 0.3) is 0 Å². The van der Waals surface area contributed by atoms with Gasteiger partial charge in [-0.2, -0.15) is 0 Å². The van der Waals surface area contributed by atoms with Crippen molar-refractivity contribution in [3.05, 3.63) is 42.2 Å². The molecule has 0 spiro atoms. The second kappa shape index (κ2) is 4.69. The molecule has 0 amide bonds. The summed E-state index contributed by atoms with van der Waals surface area (Å²) < 4.78 is 0. The largest absolute Gasteiger partial charge is 0.0886 e. The Morgan fingerprint density at radius 2 is 1.90 bits per heavy atom. The summed E-state index contributed by atoms with van der Waals surface area (Å²) in [4.78, 5) is 0. The molecule has 10 heavy (non-hydrogen) atoms. The van der Waals surface area contributed by atoms with Gasteiger partial charge in [-0.3, -0.25) is 0 Å². The van der Waals surface area contributed by atoms with Crippen LogP contribution in [-0.4, -0.2) is 0 Å². The fourth-order valence-electron chi connectivity index (χ4n) is 0.672. The van der Waals surface area contributed by atoms with Crippen LogP contribution in [0, 0.1) is 6.26 Å². The van der Waals surface area contributed by atoms with E-state index in [1.54, 1.807) is 10.8 Å². The van der Waals surface area contributed by atoms with Gasteiger partial charge in [-0.15, -0.1) is 0 Å². The third-order valence-electron chi connectivity index (χ3n) is 1.13. The maximum absolute atomic E-state index is 6.83. The standard InChI is InChI=1S/C8H7S2/c1-9-10-7-8-5-3-2-4-6-8/h2-6H,7H2. The van der Waals surface area contributed by atoms with E-state index in [4.69, 9.17) is 6.26 Å². The van der Waals surface area contributed by atoms with Crippen LogP contribution in [0.4, 0.5) is 0 Å². The SMILES string of the molecule is [C]SSCc1ccccc1. The number of benzene rings is 1. The van der Waals surface area contributed by atoms with E-state index in [9.17, 15) is 0 Å². The van der Waals surface area contributed by atoms with Gasteiger partial charge in [-0.05, 0) is 5.56 Å². The molecule has 0 fully saturated rings. The molecule has 0 aliphatic heterocycles. The highest BCUT2D eigenvalue weighted by molar-refractivity contribution is 8.76. The molecule has 1 aromatic carbocycles. The van der Waals surface area contributed by atoms with Crippen LogP contribution >= 0.6 is 21.6 Å². The van der Waals surface area contributed by atoms with Crippen molar-refractivity contribution in [3.63, 3.8) is 0 Å². The predicted molar refractivity (Wildman–Crippen MR) is 48.6 cm³/mol. The predicted octanol–water partition coefficient (Wildman–Crippen LogP) is 3.11. The first kappa shape index (κ1) is 8.02. The van der Waals surface area contributed by atoms with E-state index < -0.39 is 0 Å². The van der Waals surface area contributed by atoms with E-state index in [-0.39, 0.29) is 0 Å². The molecule has 0 aromatic heterocycles. The minimum Gasteiger partial charge on any atom is -0.0886 e. The first-order valence-corrected chi connectivity index (χ1v) is 5.24.